The van der Waals surface area contributed by atoms with Gasteiger partial charge in [0.25, 0.3) is 0 Å². The van der Waals surface area contributed by atoms with Gasteiger partial charge in [-0.15, -0.1) is 0 Å². The van der Waals surface area contributed by atoms with Crippen LogP contribution in [0.3, 0.4) is 0 Å². The first-order valence-electron chi connectivity index (χ1n) is 4.25. The smallest absolute Gasteiger partial charge is 0.123 e. The Morgan fingerprint density at radius 3 is 2.77 bits per heavy atom. The van der Waals surface area contributed by atoms with E-state index < -0.39 is 0 Å². The van der Waals surface area contributed by atoms with Gasteiger partial charge in [-0.1, -0.05) is 29.5 Å². The Bertz CT molecular complexity index is 422. The van der Waals surface area contributed by atoms with Gasteiger partial charge in [0.15, 0.2) is 0 Å². The maximum absolute atomic E-state index is 4.16. The van der Waals surface area contributed by atoms with E-state index in [2.05, 4.69) is 35.3 Å². The van der Waals surface area contributed by atoms with Crippen molar-refractivity contribution in [2.75, 3.05) is 0 Å². The molecule has 1 aliphatic heterocycles. The van der Waals surface area contributed by atoms with E-state index in [1.807, 2.05) is 12.4 Å². The predicted molar refractivity (Wildman–Crippen MR) is 54.7 cm³/mol. The van der Waals surface area contributed by atoms with Gasteiger partial charge in [0.05, 0.1) is 0 Å². The molecule has 0 amide bonds. The number of benzene rings is 1. The molecular weight excluding hydrogens is 174 g/mol. The fraction of sp³-hybridized carbons (Fsp3) is 0. The zero-order valence-electron chi connectivity index (χ0n) is 6.99. The molecule has 2 radical (unpaired) electrons. The molecule has 2 heterocycles. The van der Waals surface area contributed by atoms with Gasteiger partial charge in [0.1, 0.15) is 9.52 Å². The van der Waals surface area contributed by atoms with Crippen LogP contribution in [0, 0.1) is 0 Å². The number of fused-ring (bicyclic) bond motifs is 3. The highest BCUT2D eigenvalue weighted by molar-refractivity contribution is 6.73. The van der Waals surface area contributed by atoms with Crippen molar-refractivity contribution in [3.05, 3.63) is 42.7 Å². The summed E-state index contributed by atoms with van der Waals surface area (Å²) in [5.74, 6) is 0. The summed E-state index contributed by atoms with van der Waals surface area (Å²) in [6.07, 6.45) is 3.84. The second-order valence-corrected chi connectivity index (χ2v) is 4.42. The average molecular weight is 181 g/mol. The molecule has 0 bridgehead atoms. The minimum atomic E-state index is 0.811. The van der Waals surface area contributed by atoms with E-state index in [1.165, 1.54) is 21.5 Å². The average Bonchev–Trinajstić information content (AvgIpc) is 2.56. The highest BCUT2D eigenvalue weighted by atomic mass is 28.2. The lowest BCUT2D eigenvalue weighted by molar-refractivity contribution is 1.35. The standard InChI is InChI=1S/C11H7NSi/c1-2-4-10-8(3-1)9-7-12-6-5-11(9)13-10/h1-7H. The number of hydrogen-bond acceptors (Lipinski definition) is 1. The minimum Gasteiger partial charge on any atom is -0.264 e. The van der Waals surface area contributed by atoms with Gasteiger partial charge < -0.3 is 0 Å². The molecule has 0 fully saturated rings. The van der Waals surface area contributed by atoms with Crippen molar-refractivity contribution < 1.29 is 0 Å². The summed E-state index contributed by atoms with van der Waals surface area (Å²) in [5.41, 5.74) is 2.68. The quantitative estimate of drug-likeness (QED) is 0.466. The second kappa shape index (κ2) is 2.54. The van der Waals surface area contributed by atoms with Crippen molar-refractivity contribution in [3.8, 4) is 11.1 Å². The largest absolute Gasteiger partial charge is 0.264 e. The van der Waals surface area contributed by atoms with Crippen LogP contribution in [-0.4, -0.2) is 14.5 Å². The third-order valence-electron chi connectivity index (χ3n) is 2.31. The van der Waals surface area contributed by atoms with Gasteiger partial charge in [0, 0.05) is 12.4 Å². The molecule has 0 saturated heterocycles. The van der Waals surface area contributed by atoms with Gasteiger partial charge in [-0.05, 0) is 22.4 Å². The predicted octanol–water partition coefficient (Wildman–Crippen LogP) is 0.717. The lowest BCUT2D eigenvalue weighted by Crippen LogP contribution is -2.20. The minimum absolute atomic E-state index is 0.811. The third-order valence-corrected chi connectivity index (χ3v) is 3.72. The molecule has 0 N–H and O–H groups in total. The highest BCUT2D eigenvalue weighted by Gasteiger charge is 2.17. The normalized spacial score (nSPS) is 12.3. The van der Waals surface area contributed by atoms with Crippen LogP contribution in [0.2, 0.25) is 0 Å². The Hall–Kier alpha value is -1.41. The van der Waals surface area contributed by atoms with Crippen molar-refractivity contribution in [1.82, 2.24) is 4.98 Å². The molecule has 0 atom stereocenters. The van der Waals surface area contributed by atoms with Gasteiger partial charge in [0.2, 0.25) is 0 Å². The lowest BCUT2D eigenvalue weighted by Gasteiger charge is -1.97. The van der Waals surface area contributed by atoms with E-state index in [1.54, 1.807) is 0 Å². The van der Waals surface area contributed by atoms with Crippen molar-refractivity contribution in [2.45, 2.75) is 0 Å². The molecule has 0 unspecified atom stereocenters. The number of rotatable bonds is 0. The van der Waals surface area contributed by atoms with E-state index >= 15 is 0 Å². The van der Waals surface area contributed by atoms with Gasteiger partial charge in [-0.25, -0.2) is 0 Å². The number of nitrogens with zero attached hydrogens (tertiary/aromatic N) is 1. The number of aromatic nitrogens is 1. The van der Waals surface area contributed by atoms with Crippen molar-refractivity contribution in [2.24, 2.45) is 0 Å². The monoisotopic (exact) mass is 181 g/mol. The first-order valence-corrected chi connectivity index (χ1v) is 5.25. The van der Waals surface area contributed by atoms with Crippen LogP contribution in [0.15, 0.2) is 42.7 Å². The first-order chi connectivity index (χ1) is 6.45. The maximum atomic E-state index is 4.16. The van der Waals surface area contributed by atoms with Crippen LogP contribution < -0.4 is 10.4 Å². The molecule has 1 aromatic heterocycles. The van der Waals surface area contributed by atoms with E-state index in [-0.39, 0.29) is 0 Å². The summed E-state index contributed by atoms with van der Waals surface area (Å²) in [5, 5.41) is 2.88. The zero-order valence-corrected chi connectivity index (χ0v) is 7.99. The van der Waals surface area contributed by atoms with E-state index in [0.29, 0.717) is 0 Å². The zero-order chi connectivity index (χ0) is 8.67. The Morgan fingerprint density at radius 1 is 0.923 bits per heavy atom. The third kappa shape index (κ3) is 0.955. The SMILES string of the molecule is c1ccc2c(c1)[Si]c1ccncc1-2. The van der Waals surface area contributed by atoms with Crippen LogP contribution >= 0.6 is 0 Å². The summed E-state index contributed by atoms with van der Waals surface area (Å²) < 4.78 is 0. The van der Waals surface area contributed by atoms with Crippen LogP contribution in [0.25, 0.3) is 11.1 Å². The number of pyridine rings is 1. The maximum Gasteiger partial charge on any atom is 0.123 e. The molecule has 2 aromatic rings. The first kappa shape index (κ1) is 7.03. The Morgan fingerprint density at radius 2 is 1.77 bits per heavy atom. The number of hydrogen-bond donors (Lipinski definition) is 0. The Labute approximate surface area is 79.3 Å². The van der Waals surface area contributed by atoms with E-state index in [4.69, 9.17) is 0 Å². The molecule has 0 spiro atoms. The fourth-order valence-corrected chi connectivity index (χ4v) is 3.00. The molecule has 2 heteroatoms. The lowest BCUT2D eigenvalue weighted by atomic mass is 10.1. The topological polar surface area (TPSA) is 12.9 Å². The summed E-state index contributed by atoms with van der Waals surface area (Å²) in [7, 11) is 0.811. The second-order valence-electron chi connectivity index (χ2n) is 3.09. The van der Waals surface area contributed by atoms with Gasteiger partial charge in [-0.2, -0.15) is 0 Å². The Balaban J connectivity index is 2.32. The summed E-state index contributed by atoms with van der Waals surface area (Å²) >= 11 is 0. The van der Waals surface area contributed by atoms with E-state index in [0.717, 1.165) is 9.52 Å². The molecule has 0 aliphatic carbocycles. The summed E-state index contributed by atoms with van der Waals surface area (Å²) in [6.45, 7) is 0. The van der Waals surface area contributed by atoms with Crippen molar-refractivity contribution in [3.63, 3.8) is 0 Å². The van der Waals surface area contributed by atoms with Crippen LogP contribution in [0.1, 0.15) is 0 Å². The van der Waals surface area contributed by atoms with E-state index in [9.17, 15) is 0 Å². The summed E-state index contributed by atoms with van der Waals surface area (Å²) in [6, 6.07) is 10.7. The molecule has 60 valence electrons. The van der Waals surface area contributed by atoms with Gasteiger partial charge in [-0.3, -0.25) is 4.98 Å². The fourth-order valence-electron chi connectivity index (χ4n) is 1.69. The molecule has 3 rings (SSSR count). The molecule has 1 aromatic carbocycles. The van der Waals surface area contributed by atoms with Crippen molar-refractivity contribution >= 4 is 19.9 Å². The van der Waals surface area contributed by atoms with Crippen molar-refractivity contribution in [1.29, 1.82) is 0 Å². The summed E-state index contributed by atoms with van der Waals surface area (Å²) in [4.78, 5) is 4.16. The molecule has 1 nitrogen and oxygen atoms in total. The van der Waals surface area contributed by atoms with Gasteiger partial charge >= 0.3 is 0 Å². The Kier molecular flexibility index (Phi) is 1.37. The highest BCUT2D eigenvalue weighted by Crippen LogP contribution is 2.17. The van der Waals surface area contributed by atoms with Crippen LogP contribution in [-0.2, 0) is 0 Å². The van der Waals surface area contributed by atoms with Crippen LogP contribution in [0.4, 0.5) is 0 Å². The molecule has 0 saturated carbocycles. The molecular formula is C11H7NSi. The van der Waals surface area contributed by atoms with Crippen LogP contribution in [0.5, 0.6) is 0 Å². The molecule has 13 heavy (non-hydrogen) atoms. The molecule has 1 aliphatic rings.